The van der Waals surface area contributed by atoms with Gasteiger partial charge in [-0.3, -0.25) is 15.0 Å². The fraction of sp³-hybridized carbons (Fsp3) is 0.240. The highest BCUT2D eigenvalue weighted by Crippen LogP contribution is 2.35. The molecule has 0 atom stereocenters. The maximum absolute atomic E-state index is 13.2. The molecule has 4 aromatic rings. The summed E-state index contributed by atoms with van der Waals surface area (Å²) < 4.78 is 6.92. The van der Waals surface area contributed by atoms with E-state index in [1.54, 1.807) is 0 Å². The van der Waals surface area contributed by atoms with Gasteiger partial charge in [0.15, 0.2) is 6.61 Å². The first-order valence-electron chi connectivity index (χ1n) is 10.4. The zero-order chi connectivity index (χ0) is 22.8. The van der Waals surface area contributed by atoms with Gasteiger partial charge in [0, 0.05) is 10.4 Å². The van der Waals surface area contributed by atoms with Gasteiger partial charge >= 0.3 is 0 Å². The third-order valence-electron chi connectivity index (χ3n) is 5.25. The smallest absolute Gasteiger partial charge is 0.281 e. The predicted octanol–water partition coefficient (Wildman–Crippen LogP) is 5.01. The summed E-state index contributed by atoms with van der Waals surface area (Å²) >= 11 is 1.47. The monoisotopic (exact) mass is 447 g/mol. The first kappa shape index (κ1) is 21.8. The van der Waals surface area contributed by atoms with Crippen molar-refractivity contribution in [2.45, 2.75) is 33.6 Å². The molecule has 0 saturated heterocycles. The summed E-state index contributed by atoms with van der Waals surface area (Å²) in [5.41, 5.74) is 6.18. The van der Waals surface area contributed by atoms with Gasteiger partial charge in [-0.05, 0) is 42.5 Å². The Morgan fingerprint density at radius 2 is 1.91 bits per heavy atom. The van der Waals surface area contributed by atoms with E-state index in [1.165, 1.54) is 17.7 Å². The second kappa shape index (κ2) is 8.96. The minimum atomic E-state index is -0.433. The molecule has 0 spiro atoms. The van der Waals surface area contributed by atoms with Crippen molar-refractivity contribution in [1.82, 2.24) is 9.66 Å². The molecule has 4 rings (SSSR count). The van der Waals surface area contributed by atoms with Crippen LogP contribution < -0.4 is 15.7 Å². The SMILES string of the molecule is Cc1ccc(C(C)C)c(OCC(=O)Nn2cnc3sc(C)c(-c4ccccc4)c3c2=O)c1. The number of nitrogens with zero attached hydrogens (tertiary/aromatic N) is 2. The number of rotatable bonds is 6. The summed E-state index contributed by atoms with van der Waals surface area (Å²) in [6.07, 6.45) is 1.35. The zero-order valence-corrected chi connectivity index (χ0v) is 19.3. The standard InChI is InChI=1S/C25H25N3O3S/c1-15(2)19-11-10-16(3)12-20(19)31-13-21(29)27-28-14-26-24-23(25(28)30)22(17(4)32-24)18-8-6-5-7-9-18/h5-12,14-15H,13H2,1-4H3,(H,27,29). The molecule has 164 valence electrons. The van der Waals surface area contributed by atoms with Gasteiger partial charge in [-0.15, -0.1) is 11.3 Å². The maximum atomic E-state index is 13.2. The second-order valence-corrected chi connectivity index (χ2v) is 9.22. The Morgan fingerprint density at radius 1 is 1.16 bits per heavy atom. The lowest BCUT2D eigenvalue weighted by Crippen LogP contribution is -2.35. The molecule has 0 fully saturated rings. The number of fused-ring (bicyclic) bond motifs is 1. The van der Waals surface area contributed by atoms with Gasteiger partial charge < -0.3 is 4.74 Å². The number of ether oxygens (including phenoxy) is 1. The minimum absolute atomic E-state index is 0.206. The van der Waals surface area contributed by atoms with Gasteiger partial charge in [-0.2, -0.15) is 0 Å². The third-order valence-corrected chi connectivity index (χ3v) is 6.26. The molecule has 0 unspecified atom stereocenters. The van der Waals surface area contributed by atoms with Crippen LogP contribution in [0.15, 0.2) is 59.7 Å². The van der Waals surface area contributed by atoms with Crippen LogP contribution in [0.5, 0.6) is 5.75 Å². The first-order chi connectivity index (χ1) is 15.3. The van der Waals surface area contributed by atoms with Crippen LogP contribution in [0.2, 0.25) is 0 Å². The highest BCUT2D eigenvalue weighted by atomic mass is 32.1. The number of carbonyl (C=O) groups excluding carboxylic acids is 1. The normalized spacial score (nSPS) is 11.2. The van der Waals surface area contributed by atoms with Crippen molar-refractivity contribution in [1.29, 1.82) is 0 Å². The van der Waals surface area contributed by atoms with Crippen molar-refractivity contribution in [3.05, 3.63) is 81.2 Å². The molecule has 1 N–H and O–H groups in total. The first-order valence-corrected chi connectivity index (χ1v) is 11.3. The Morgan fingerprint density at radius 3 is 2.62 bits per heavy atom. The molecule has 0 bridgehead atoms. The molecule has 6 nitrogen and oxygen atoms in total. The summed E-state index contributed by atoms with van der Waals surface area (Å²) in [6.45, 7) is 7.89. The molecular weight excluding hydrogens is 422 g/mol. The Labute approximate surface area is 190 Å². The van der Waals surface area contributed by atoms with Crippen molar-refractivity contribution >= 4 is 27.5 Å². The average Bonchev–Trinajstić information content (AvgIpc) is 3.11. The number of benzene rings is 2. The lowest BCUT2D eigenvalue weighted by molar-refractivity contribution is -0.119. The summed E-state index contributed by atoms with van der Waals surface area (Å²) in [4.78, 5) is 31.8. The molecule has 0 aliphatic heterocycles. The van der Waals surface area contributed by atoms with E-state index < -0.39 is 5.91 Å². The fourth-order valence-electron chi connectivity index (χ4n) is 3.69. The van der Waals surface area contributed by atoms with Crippen LogP contribution in [0, 0.1) is 13.8 Å². The van der Waals surface area contributed by atoms with Crippen molar-refractivity contribution in [2.24, 2.45) is 0 Å². The van der Waals surface area contributed by atoms with Crippen molar-refractivity contribution in [3.8, 4) is 16.9 Å². The van der Waals surface area contributed by atoms with Crippen LogP contribution in [-0.2, 0) is 4.79 Å². The number of amides is 1. The third kappa shape index (κ3) is 4.29. The van der Waals surface area contributed by atoms with Crippen LogP contribution in [0.4, 0.5) is 0 Å². The summed E-state index contributed by atoms with van der Waals surface area (Å²) in [7, 11) is 0. The average molecular weight is 448 g/mol. The molecule has 2 aromatic carbocycles. The van der Waals surface area contributed by atoms with E-state index in [2.05, 4.69) is 24.3 Å². The quantitative estimate of drug-likeness (QED) is 0.451. The highest BCUT2D eigenvalue weighted by molar-refractivity contribution is 7.19. The molecule has 0 saturated carbocycles. The van der Waals surface area contributed by atoms with E-state index in [0.717, 1.165) is 31.8 Å². The minimum Gasteiger partial charge on any atom is -0.483 e. The Hall–Kier alpha value is -3.45. The number of aromatic nitrogens is 2. The van der Waals surface area contributed by atoms with Crippen LogP contribution in [0.1, 0.15) is 35.8 Å². The molecule has 2 heterocycles. The van der Waals surface area contributed by atoms with Crippen LogP contribution in [-0.4, -0.2) is 22.2 Å². The molecule has 1 amide bonds. The van der Waals surface area contributed by atoms with Crippen LogP contribution >= 0.6 is 11.3 Å². The van der Waals surface area contributed by atoms with E-state index in [1.807, 2.05) is 62.4 Å². The second-order valence-electron chi connectivity index (χ2n) is 8.02. The van der Waals surface area contributed by atoms with Gasteiger partial charge in [0.25, 0.3) is 11.5 Å². The van der Waals surface area contributed by atoms with E-state index in [4.69, 9.17) is 4.74 Å². The van der Waals surface area contributed by atoms with E-state index in [-0.39, 0.29) is 18.1 Å². The lowest BCUT2D eigenvalue weighted by Gasteiger charge is -2.15. The Balaban J connectivity index is 1.59. The summed E-state index contributed by atoms with van der Waals surface area (Å²) in [6, 6.07) is 15.7. The van der Waals surface area contributed by atoms with Crippen LogP contribution in [0.3, 0.4) is 0 Å². The number of hydrogen-bond donors (Lipinski definition) is 1. The molecular formula is C25H25N3O3S. The summed E-state index contributed by atoms with van der Waals surface area (Å²) in [5, 5.41) is 0.503. The van der Waals surface area contributed by atoms with Gasteiger partial charge in [-0.25, -0.2) is 9.66 Å². The highest BCUT2D eigenvalue weighted by Gasteiger charge is 2.18. The van der Waals surface area contributed by atoms with Crippen molar-refractivity contribution in [2.75, 3.05) is 12.0 Å². The van der Waals surface area contributed by atoms with Crippen molar-refractivity contribution in [3.63, 3.8) is 0 Å². The molecule has 0 aliphatic rings. The molecule has 32 heavy (non-hydrogen) atoms. The predicted molar refractivity (Wildman–Crippen MR) is 129 cm³/mol. The van der Waals surface area contributed by atoms with Gasteiger partial charge in [-0.1, -0.05) is 56.3 Å². The zero-order valence-electron chi connectivity index (χ0n) is 18.5. The number of hydrogen-bond acceptors (Lipinski definition) is 5. The van der Waals surface area contributed by atoms with Gasteiger partial charge in [0.05, 0.1) is 5.39 Å². The van der Waals surface area contributed by atoms with Crippen LogP contribution in [0.25, 0.3) is 21.3 Å². The maximum Gasteiger partial charge on any atom is 0.281 e. The van der Waals surface area contributed by atoms with Gasteiger partial charge in [0.1, 0.15) is 16.9 Å². The van der Waals surface area contributed by atoms with Crippen molar-refractivity contribution < 1.29 is 9.53 Å². The summed E-state index contributed by atoms with van der Waals surface area (Å²) in [5.74, 6) is 0.509. The molecule has 2 aromatic heterocycles. The molecule has 0 aliphatic carbocycles. The number of thiophene rings is 1. The molecule has 7 heteroatoms. The fourth-order valence-corrected chi connectivity index (χ4v) is 4.69. The lowest BCUT2D eigenvalue weighted by atomic mass is 10.0. The number of nitrogens with one attached hydrogen (secondary N) is 1. The van der Waals surface area contributed by atoms with E-state index in [9.17, 15) is 9.59 Å². The van der Waals surface area contributed by atoms with Gasteiger partial charge in [0.2, 0.25) is 0 Å². The Bertz CT molecular complexity index is 1340. The van der Waals surface area contributed by atoms with E-state index in [0.29, 0.717) is 16.0 Å². The van der Waals surface area contributed by atoms with E-state index >= 15 is 0 Å². The number of carbonyl (C=O) groups is 1. The Kier molecular flexibility index (Phi) is 6.10. The largest absolute Gasteiger partial charge is 0.483 e. The number of aryl methyl sites for hydroxylation is 2. The topological polar surface area (TPSA) is 73.2 Å². The molecule has 0 radical (unpaired) electrons.